The lowest BCUT2D eigenvalue weighted by Gasteiger charge is -2.23. The van der Waals surface area contributed by atoms with Crippen LogP contribution in [0, 0.1) is 0 Å². The van der Waals surface area contributed by atoms with Gasteiger partial charge in [0.1, 0.15) is 11.7 Å². The second-order valence-corrected chi connectivity index (χ2v) is 5.91. The number of aliphatic hydroxyl groups is 1. The smallest absolute Gasteiger partial charge is 0.108 e. The van der Waals surface area contributed by atoms with E-state index in [1.165, 1.54) is 36.8 Å². The van der Waals surface area contributed by atoms with Crippen molar-refractivity contribution in [1.82, 2.24) is 0 Å². The summed E-state index contributed by atoms with van der Waals surface area (Å²) in [4.78, 5) is 0. The molecule has 2 unspecified atom stereocenters. The zero-order valence-corrected chi connectivity index (χ0v) is 12.6. The Hall–Kier alpha value is -1.12. The van der Waals surface area contributed by atoms with E-state index in [2.05, 4.69) is 25.1 Å². The minimum Gasteiger partial charge on any atom is -0.393 e. The molecule has 0 bridgehead atoms. The molecular weight excluding hydrogens is 248 g/mol. The zero-order chi connectivity index (χ0) is 14.4. The third-order valence-electron chi connectivity index (χ3n) is 3.95. The molecule has 0 aliphatic carbocycles. The summed E-state index contributed by atoms with van der Waals surface area (Å²) in [5, 5.41) is 9.55. The Bertz CT molecular complexity index is 438. The first-order valence-electron chi connectivity index (χ1n) is 7.74. The van der Waals surface area contributed by atoms with Gasteiger partial charge in [-0.3, -0.25) is 0 Å². The van der Waals surface area contributed by atoms with Crippen LogP contribution in [-0.4, -0.2) is 17.3 Å². The zero-order valence-electron chi connectivity index (χ0n) is 12.6. The molecule has 20 heavy (non-hydrogen) atoms. The number of rotatable bonds is 7. The van der Waals surface area contributed by atoms with Gasteiger partial charge < -0.3 is 9.84 Å². The highest BCUT2D eigenvalue weighted by atomic mass is 16.5. The maximum atomic E-state index is 9.55. The summed E-state index contributed by atoms with van der Waals surface area (Å²) < 4.78 is 6.11. The van der Waals surface area contributed by atoms with E-state index < -0.39 is 5.60 Å². The van der Waals surface area contributed by atoms with Gasteiger partial charge in [0.25, 0.3) is 0 Å². The minimum absolute atomic E-state index is 0.00924. The SMILES string of the molecule is CCCCCCC1=CC(C)(CO)OC1c1ccccc1. The van der Waals surface area contributed by atoms with Gasteiger partial charge in [-0.15, -0.1) is 0 Å². The first-order chi connectivity index (χ1) is 9.68. The fourth-order valence-corrected chi connectivity index (χ4v) is 2.80. The summed E-state index contributed by atoms with van der Waals surface area (Å²) in [5.74, 6) is 0. The van der Waals surface area contributed by atoms with Crippen molar-refractivity contribution in [3.8, 4) is 0 Å². The van der Waals surface area contributed by atoms with Gasteiger partial charge in [0, 0.05) is 0 Å². The number of hydrogen-bond donors (Lipinski definition) is 1. The maximum Gasteiger partial charge on any atom is 0.108 e. The maximum absolute atomic E-state index is 9.55. The highest BCUT2D eigenvalue weighted by Gasteiger charge is 2.35. The van der Waals surface area contributed by atoms with E-state index in [0.29, 0.717) is 0 Å². The Kier molecular flexibility index (Phi) is 5.38. The van der Waals surface area contributed by atoms with E-state index in [1.54, 1.807) is 0 Å². The van der Waals surface area contributed by atoms with Crippen LogP contribution in [-0.2, 0) is 4.74 Å². The molecule has 2 heteroatoms. The van der Waals surface area contributed by atoms with Crippen molar-refractivity contribution in [2.45, 2.75) is 57.7 Å². The number of benzene rings is 1. The minimum atomic E-state index is -0.527. The van der Waals surface area contributed by atoms with Gasteiger partial charge in [0.15, 0.2) is 0 Å². The van der Waals surface area contributed by atoms with Crippen molar-refractivity contribution in [1.29, 1.82) is 0 Å². The largest absolute Gasteiger partial charge is 0.393 e. The third-order valence-corrected chi connectivity index (χ3v) is 3.95. The molecule has 0 amide bonds. The molecular formula is C18H26O2. The van der Waals surface area contributed by atoms with Gasteiger partial charge in [-0.1, -0.05) is 56.5 Å². The molecule has 0 fully saturated rings. The number of aliphatic hydroxyl groups excluding tert-OH is 1. The Labute approximate surface area is 122 Å². The third kappa shape index (κ3) is 3.71. The average molecular weight is 274 g/mol. The molecule has 0 radical (unpaired) electrons. The first kappa shape index (κ1) is 15.3. The summed E-state index contributed by atoms with van der Waals surface area (Å²) in [7, 11) is 0. The molecule has 2 nitrogen and oxygen atoms in total. The van der Waals surface area contributed by atoms with E-state index in [4.69, 9.17) is 4.74 Å². The molecule has 2 atom stereocenters. The van der Waals surface area contributed by atoms with Crippen LogP contribution in [0.15, 0.2) is 42.0 Å². The van der Waals surface area contributed by atoms with Crippen LogP contribution in [0.5, 0.6) is 0 Å². The van der Waals surface area contributed by atoms with Crippen molar-refractivity contribution in [2.75, 3.05) is 6.61 Å². The summed E-state index contributed by atoms with van der Waals surface area (Å²) in [6, 6.07) is 10.3. The lowest BCUT2D eigenvalue weighted by Crippen LogP contribution is -2.27. The quantitative estimate of drug-likeness (QED) is 0.589. The molecule has 110 valence electrons. The van der Waals surface area contributed by atoms with Crippen molar-refractivity contribution in [2.24, 2.45) is 0 Å². The van der Waals surface area contributed by atoms with Crippen LogP contribution in [0.3, 0.4) is 0 Å². The fourth-order valence-electron chi connectivity index (χ4n) is 2.80. The highest BCUT2D eigenvalue weighted by molar-refractivity contribution is 5.32. The second-order valence-electron chi connectivity index (χ2n) is 5.91. The van der Waals surface area contributed by atoms with E-state index in [0.717, 1.165) is 6.42 Å². The molecule has 0 aromatic heterocycles. The van der Waals surface area contributed by atoms with Gasteiger partial charge >= 0.3 is 0 Å². The molecule has 1 aromatic rings. The van der Waals surface area contributed by atoms with Gasteiger partial charge in [-0.25, -0.2) is 0 Å². The molecule has 2 rings (SSSR count). The van der Waals surface area contributed by atoms with Crippen molar-refractivity contribution < 1.29 is 9.84 Å². The van der Waals surface area contributed by atoms with Crippen molar-refractivity contribution in [3.05, 3.63) is 47.5 Å². The summed E-state index contributed by atoms with van der Waals surface area (Å²) in [6.07, 6.45) is 8.23. The van der Waals surface area contributed by atoms with Crippen LogP contribution >= 0.6 is 0 Å². The van der Waals surface area contributed by atoms with Crippen LogP contribution in [0.4, 0.5) is 0 Å². The molecule has 1 heterocycles. The number of unbranched alkanes of at least 4 members (excludes halogenated alkanes) is 3. The van der Waals surface area contributed by atoms with Gasteiger partial charge in [-0.05, 0) is 37.0 Å². The second kappa shape index (κ2) is 7.05. The Balaban J connectivity index is 2.08. The van der Waals surface area contributed by atoms with Crippen LogP contribution in [0.2, 0.25) is 0 Å². The predicted octanol–water partition coefficient (Wildman–Crippen LogP) is 4.41. The summed E-state index contributed by atoms with van der Waals surface area (Å²) in [5.41, 5.74) is 1.98. The monoisotopic (exact) mass is 274 g/mol. The summed E-state index contributed by atoms with van der Waals surface area (Å²) in [6.45, 7) is 4.23. The van der Waals surface area contributed by atoms with Crippen molar-refractivity contribution in [3.63, 3.8) is 0 Å². The molecule has 1 aromatic carbocycles. The lowest BCUT2D eigenvalue weighted by atomic mass is 9.96. The van der Waals surface area contributed by atoms with E-state index in [1.807, 2.05) is 25.1 Å². The van der Waals surface area contributed by atoms with Crippen LogP contribution in [0.1, 0.15) is 57.6 Å². The molecule has 0 saturated carbocycles. The normalized spacial score (nSPS) is 25.8. The predicted molar refractivity (Wildman–Crippen MR) is 82.6 cm³/mol. The molecule has 0 spiro atoms. The van der Waals surface area contributed by atoms with Gasteiger partial charge in [0.2, 0.25) is 0 Å². The summed E-state index contributed by atoms with van der Waals surface area (Å²) >= 11 is 0. The van der Waals surface area contributed by atoms with Crippen molar-refractivity contribution >= 4 is 0 Å². The van der Waals surface area contributed by atoms with Gasteiger partial charge in [0.05, 0.1) is 6.61 Å². The first-order valence-corrected chi connectivity index (χ1v) is 7.74. The van der Waals surface area contributed by atoms with E-state index >= 15 is 0 Å². The van der Waals surface area contributed by atoms with Crippen LogP contribution in [0.25, 0.3) is 0 Å². The number of hydrogen-bond acceptors (Lipinski definition) is 2. The molecule has 0 saturated heterocycles. The Morgan fingerprint density at radius 1 is 1.15 bits per heavy atom. The molecule has 1 aliphatic rings. The lowest BCUT2D eigenvalue weighted by molar-refractivity contribution is -0.0481. The Morgan fingerprint density at radius 3 is 2.55 bits per heavy atom. The van der Waals surface area contributed by atoms with E-state index in [-0.39, 0.29) is 12.7 Å². The highest BCUT2D eigenvalue weighted by Crippen LogP contribution is 2.40. The van der Waals surface area contributed by atoms with Crippen LogP contribution < -0.4 is 0 Å². The van der Waals surface area contributed by atoms with E-state index in [9.17, 15) is 5.11 Å². The molecule has 1 aliphatic heterocycles. The Morgan fingerprint density at radius 2 is 1.90 bits per heavy atom. The topological polar surface area (TPSA) is 29.5 Å². The standard InChI is InChI=1S/C18H26O2/c1-3-4-5-7-12-16-13-18(2,14-19)20-17(16)15-10-8-6-9-11-15/h6,8-11,13,17,19H,3-5,7,12,14H2,1-2H3. The molecule has 1 N–H and O–H groups in total. The average Bonchev–Trinajstić information content (AvgIpc) is 2.83. The fraction of sp³-hybridized carbons (Fsp3) is 0.556. The van der Waals surface area contributed by atoms with Gasteiger partial charge in [-0.2, -0.15) is 0 Å². The number of ether oxygens (including phenoxy) is 1.